The van der Waals surface area contributed by atoms with Gasteiger partial charge in [-0.3, -0.25) is 9.10 Å². The third-order valence-electron chi connectivity index (χ3n) is 5.05. The highest BCUT2D eigenvalue weighted by Gasteiger charge is 2.32. The molecule has 2 rings (SSSR count). The fourth-order valence-electron chi connectivity index (χ4n) is 3.70. The lowest BCUT2D eigenvalue weighted by Crippen LogP contribution is -2.49. The Morgan fingerprint density at radius 2 is 1.68 bits per heavy atom. The number of hydrogen-bond acceptors (Lipinski definition) is 5. The molecule has 0 fully saturated rings. The van der Waals surface area contributed by atoms with Crippen molar-refractivity contribution in [1.82, 2.24) is 5.32 Å². The van der Waals surface area contributed by atoms with Crippen LogP contribution in [0.1, 0.15) is 43.0 Å². The van der Waals surface area contributed by atoms with Crippen LogP contribution in [0.25, 0.3) is 0 Å². The molecule has 2 aromatic carbocycles. The van der Waals surface area contributed by atoms with E-state index in [-0.39, 0.29) is 5.91 Å². The van der Waals surface area contributed by atoms with Crippen molar-refractivity contribution in [2.45, 2.75) is 46.2 Å². The number of nitrogens with zero attached hydrogens (tertiary/aromatic N) is 1. The quantitative estimate of drug-likeness (QED) is 0.632. The molecular weight excluding hydrogens is 416 g/mol. The molecule has 2 aromatic rings. The number of carbonyl (C=O) groups excluding carboxylic acids is 1. The van der Waals surface area contributed by atoms with Crippen LogP contribution in [-0.2, 0) is 14.8 Å². The lowest BCUT2D eigenvalue weighted by atomic mass is 10.1. The van der Waals surface area contributed by atoms with Crippen LogP contribution in [0.5, 0.6) is 11.5 Å². The van der Waals surface area contributed by atoms with Gasteiger partial charge in [-0.2, -0.15) is 0 Å². The van der Waals surface area contributed by atoms with Crippen LogP contribution in [0.3, 0.4) is 0 Å². The zero-order chi connectivity index (χ0) is 23.3. The Hall–Kier alpha value is -2.74. The highest BCUT2D eigenvalue weighted by Crippen LogP contribution is 2.30. The smallest absolute Gasteiger partial charge is 0.244 e. The second kappa shape index (κ2) is 10.0. The molecule has 0 unspecified atom stereocenters. The summed E-state index contributed by atoms with van der Waals surface area (Å²) in [6, 6.07) is 9.54. The largest absolute Gasteiger partial charge is 0.497 e. The summed E-state index contributed by atoms with van der Waals surface area (Å²) in [6.07, 6.45) is 1.43. The minimum absolute atomic E-state index is 0.313. The van der Waals surface area contributed by atoms with Gasteiger partial charge < -0.3 is 14.8 Å². The third-order valence-corrected chi connectivity index (χ3v) is 6.23. The molecule has 2 atom stereocenters. The van der Waals surface area contributed by atoms with Gasteiger partial charge in [-0.25, -0.2) is 8.42 Å². The van der Waals surface area contributed by atoms with E-state index in [0.717, 1.165) is 22.9 Å². The summed E-state index contributed by atoms with van der Waals surface area (Å²) >= 11 is 0. The maximum absolute atomic E-state index is 13.3. The number of anilines is 1. The van der Waals surface area contributed by atoms with Crippen LogP contribution in [0.2, 0.25) is 0 Å². The van der Waals surface area contributed by atoms with E-state index in [1.165, 1.54) is 4.31 Å². The van der Waals surface area contributed by atoms with Gasteiger partial charge in [0.2, 0.25) is 15.9 Å². The molecule has 0 bridgehead atoms. The Morgan fingerprint density at radius 1 is 1.06 bits per heavy atom. The third kappa shape index (κ3) is 5.91. The van der Waals surface area contributed by atoms with Gasteiger partial charge in [0.05, 0.1) is 32.2 Å². The number of benzene rings is 2. The molecule has 0 saturated heterocycles. The van der Waals surface area contributed by atoms with Crippen LogP contribution in [0, 0.1) is 13.8 Å². The van der Waals surface area contributed by atoms with E-state index in [2.05, 4.69) is 5.32 Å². The Labute approximate surface area is 185 Å². The fraction of sp³-hybridized carbons (Fsp3) is 0.435. The van der Waals surface area contributed by atoms with Crippen LogP contribution < -0.4 is 19.1 Å². The number of methoxy groups -OCH3 is 2. The number of ether oxygens (including phenoxy) is 2. The Balaban J connectivity index is 2.40. The molecule has 1 N–H and O–H groups in total. The van der Waals surface area contributed by atoms with Crippen molar-refractivity contribution in [3.8, 4) is 11.5 Å². The van der Waals surface area contributed by atoms with Gasteiger partial charge in [0.1, 0.15) is 17.5 Å². The maximum Gasteiger partial charge on any atom is 0.244 e. The first-order valence-electron chi connectivity index (χ1n) is 10.1. The summed E-state index contributed by atoms with van der Waals surface area (Å²) in [5.41, 5.74) is 3.07. The average molecular weight is 449 g/mol. The van der Waals surface area contributed by atoms with E-state index in [1.54, 1.807) is 51.5 Å². The second-order valence-corrected chi connectivity index (χ2v) is 9.53. The monoisotopic (exact) mass is 448 g/mol. The zero-order valence-corrected chi connectivity index (χ0v) is 20.0. The van der Waals surface area contributed by atoms with Gasteiger partial charge in [0, 0.05) is 5.56 Å². The summed E-state index contributed by atoms with van der Waals surface area (Å²) in [7, 11) is -0.583. The molecule has 170 valence electrons. The molecule has 1 amide bonds. The minimum Gasteiger partial charge on any atom is -0.497 e. The number of hydrogen-bond donors (Lipinski definition) is 1. The molecule has 0 radical (unpaired) electrons. The fourth-order valence-corrected chi connectivity index (χ4v) is 4.90. The van der Waals surface area contributed by atoms with Crippen molar-refractivity contribution < 1.29 is 22.7 Å². The number of nitrogens with one attached hydrogen (secondary N) is 1. The van der Waals surface area contributed by atoms with Crippen LogP contribution in [0.4, 0.5) is 5.69 Å². The molecule has 8 heteroatoms. The predicted octanol–water partition coefficient (Wildman–Crippen LogP) is 3.74. The molecule has 0 aromatic heterocycles. The Kier molecular flexibility index (Phi) is 7.95. The van der Waals surface area contributed by atoms with Crippen LogP contribution in [0.15, 0.2) is 36.4 Å². The molecule has 0 aliphatic rings. The van der Waals surface area contributed by atoms with Gasteiger partial charge in [-0.15, -0.1) is 0 Å². The summed E-state index contributed by atoms with van der Waals surface area (Å²) in [5.74, 6) is 0.859. The van der Waals surface area contributed by atoms with E-state index in [0.29, 0.717) is 23.6 Å². The minimum atomic E-state index is -3.70. The number of aryl methyl sites for hydroxylation is 2. The van der Waals surface area contributed by atoms with Crippen molar-refractivity contribution in [2.75, 3.05) is 24.8 Å². The van der Waals surface area contributed by atoms with E-state index in [4.69, 9.17) is 9.47 Å². The van der Waals surface area contributed by atoms with Gasteiger partial charge in [0.15, 0.2) is 0 Å². The van der Waals surface area contributed by atoms with Gasteiger partial charge in [-0.1, -0.05) is 13.0 Å². The summed E-state index contributed by atoms with van der Waals surface area (Å²) in [5, 5.41) is 2.94. The first-order chi connectivity index (χ1) is 14.5. The molecule has 7 nitrogen and oxygen atoms in total. The Morgan fingerprint density at radius 3 is 2.16 bits per heavy atom. The second-order valence-electron chi connectivity index (χ2n) is 7.67. The molecular formula is C23H32N2O5S. The molecule has 31 heavy (non-hydrogen) atoms. The van der Waals surface area contributed by atoms with Crippen molar-refractivity contribution >= 4 is 21.6 Å². The van der Waals surface area contributed by atoms with E-state index >= 15 is 0 Å². The molecule has 0 heterocycles. The van der Waals surface area contributed by atoms with Gasteiger partial charge >= 0.3 is 0 Å². The topological polar surface area (TPSA) is 84.9 Å². The van der Waals surface area contributed by atoms with E-state index in [9.17, 15) is 13.2 Å². The molecule has 0 aliphatic carbocycles. The summed E-state index contributed by atoms with van der Waals surface area (Å²) in [4.78, 5) is 13.3. The first-order valence-corrected chi connectivity index (χ1v) is 12.0. The van der Waals surface area contributed by atoms with Crippen molar-refractivity contribution in [3.05, 3.63) is 53.1 Å². The summed E-state index contributed by atoms with van der Waals surface area (Å²) < 4.78 is 37.3. The highest BCUT2D eigenvalue weighted by molar-refractivity contribution is 7.92. The predicted molar refractivity (Wildman–Crippen MR) is 123 cm³/mol. The van der Waals surface area contributed by atoms with E-state index < -0.39 is 22.1 Å². The van der Waals surface area contributed by atoms with Crippen LogP contribution >= 0.6 is 0 Å². The first kappa shape index (κ1) is 24.5. The molecule has 0 aliphatic heterocycles. The number of carbonyl (C=O) groups is 1. The SMILES string of the molecule is CC[C@@H](C(=O)N[C@H](C)c1cc(OC)ccc1OC)N(c1cc(C)cc(C)c1)S(C)(=O)=O. The Bertz CT molecular complexity index is 1020. The lowest BCUT2D eigenvalue weighted by molar-refractivity contribution is -0.122. The van der Waals surface area contributed by atoms with Gasteiger partial charge in [-0.05, 0) is 68.7 Å². The zero-order valence-electron chi connectivity index (χ0n) is 19.2. The molecule has 0 saturated carbocycles. The lowest BCUT2D eigenvalue weighted by Gasteiger charge is -2.31. The summed E-state index contributed by atoms with van der Waals surface area (Å²) in [6.45, 7) is 7.41. The van der Waals surface area contributed by atoms with Crippen LogP contribution in [-0.4, -0.2) is 40.8 Å². The number of rotatable bonds is 9. The van der Waals surface area contributed by atoms with Gasteiger partial charge in [0.25, 0.3) is 0 Å². The van der Waals surface area contributed by atoms with Crippen molar-refractivity contribution in [1.29, 1.82) is 0 Å². The number of amides is 1. The molecule has 0 spiro atoms. The van der Waals surface area contributed by atoms with E-state index in [1.807, 2.05) is 26.8 Å². The van der Waals surface area contributed by atoms with Crippen molar-refractivity contribution in [2.24, 2.45) is 0 Å². The van der Waals surface area contributed by atoms with Crippen molar-refractivity contribution in [3.63, 3.8) is 0 Å². The standard InChI is InChI=1S/C23H32N2O5S/c1-8-21(25(31(7,27)28)18-12-15(2)11-16(3)13-18)23(26)24-17(4)20-14-19(29-5)9-10-22(20)30-6/h9-14,17,21H,8H2,1-7H3,(H,24,26)/t17-,21+/m1/s1. The number of sulfonamides is 1. The maximum atomic E-state index is 13.3. The highest BCUT2D eigenvalue weighted by atomic mass is 32.2. The average Bonchev–Trinajstić information content (AvgIpc) is 2.69. The normalized spacial score (nSPS) is 13.3.